The Morgan fingerprint density at radius 2 is 2.29 bits per heavy atom. The molecule has 3 unspecified atom stereocenters. The zero-order valence-corrected chi connectivity index (χ0v) is 11.2. The molecule has 1 aliphatic carbocycles. The van der Waals surface area contributed by atoms with Crippen LogP contribution in [0.5, 0.6) is 0 Å². The van der Waals surface area contributed by atoms with Crippen molar-refractivity contribution in [2.75, 3.05) is 25.1 Å². The minimum absolute atomic E-state index is 0.0700. The van der Waals surface area contributed by atoms with E-state index in [1.807, 2.05) is 11.2 Å². The average molecular weight is 258 g/mol. The molecule has 0 bridgehead atoms. The van der Waals surface area contributed by atoms with E-state index >= 15 is 0 Å². The third kappa shape index (κ3) is 2.77. The van der Waals surface area contributed by atoms with Gasteiger partial charge >= 0.3 is 0 Å². The molecule has 3 N–H and O–H groups in total. The maximum Gasteiger partial charge on any atom is 0.239 e. The number of aliphatic hydroxyl groups is 1. The number of rotatable bonds is 4. The van der Waals surface area contributed by atoms with Gasteiger partial charge in [-0.2, -0.15) is 11.8 Å². The van der Waals surface area contributed by atoms with Crippen LogP contribution in [0.2, 0.25) is 0 Å². The number of likely N-dealkylation sites (tertiary alicyclic amines) is 1. The molecular weight excluding hydrogens is 236 g/mol. The molecule has 0 aromatic heterocycles. The molecule has 0 aromatic rings. The molecule has 5 heteroatoms. The van der Waals surface area contributed by atoms with Gasteiger partial charge in [0.05, 0.1) is 12.1 Å². The van der Waals surface area contributed by atoms with Crippen LogP contribution in [0.1, 0.15) is 19.3 Å². The van der Waals surface area contributed by atoms with Crippen molar-refractivity contribution in [3.05, 3.63) is 0 Å². The second-order valence-corrected chi connectivity index (χ2v) is 6.19. The first-order chi connectivity index (χ1) is 8.13. The van der Waals surface area contributed by atoms with E-state index in [0.29, 0.717) is 18.4 Å². The molecule has 1 heterocycles. The van der Waals surface area contributed by atoms with Gasteiger partial charge in [0, 0.05) is 19.0 Å². The highest BCUT2D eigenvalue weighted by atomic mass is 32.2. The van der Waals surface area contributed by atoms with Crippen LogP contribution in [0, 0.1) is 11.8 Å². The van der Waals surface area contributed by atoms with E-state index in [4.69, 9.17) is 5.73 Å². The number of carbonyl (C=O) groups is 1. The maximum absolute atomic E-state index is 12.1. The van der Waals surface area contributed by atoms with Gasteiger partial charge in [-0.1, -0.05) is 0 Å². The van der Waals surface area contributed by atoms with Crippen molar-refractivity contribution >= 4 is 17.7 Å². The molecule has 0 aromatic carbocycles. The van der Waals surface area contributed by atoms with Crippen molar-refractivity contribution in [2.45, 2.75) is 31.4 Å². The molecule has 1 saturated heterocycles. The minimum atomic E-state index is -0.363. The van der Waals surface area contributed by atoms with Crippen molar-refractivity contribution in [2.24, 2.45) is 17.6 Å². The predicted molar refractivity (Wildman–Crippen MR) is 69.8 cm³/mol. The molecule has 0 spiro atoms. The summed E-state index contributed by atoms with van der Waals surface area (Å²) in [4.78, 5) is 14.0. The number of hydrogen-bond acceptors (Lipinski definition) is 4. The first-order valence-corrected chi connectivity index (χ1v) is 7.74. The normalized spacial score (nSPS) is 33.8. The summed E-state index contributed by atoms with van der Waals surface area (Å²) in [6.07, 6.45) is 4.51. The fourth-order valence-electron chi connectivity index (χ4n) is 3.02. The van der Waals surface area contributed by atoms with Gasteiger partial charge in [-0.25, -0.2) is 0 Å². The van der Waals surface area contributed by atoms with E-state index in [0.717, 1.165) is 31.6 Å². The molecule has 4 nitrogen and oxygen atoms in total. The molecule has 2 fully saturated rings. The van der Waals surface area contributed by atoms with Crippen LogP contribution in [0.15, 0.2) is 0 Å². The summed E-state index contributed by atoms with van der Waals surface area (Å²) in [5.41, 5.74) is 5.90. The van der Waals surface area contributed by atoms with Crippen LogP contribution in [0.3, 0.4) is 0 Å². The van der Waals surface area contributed by atoms with E-state index in [1.165, 1.54) is 0 Å². The van der Waals surface area contributed by atoms with E-state index in [1.54, 1.807) is 11.8 Å². The zero-order chi connectivity index (χ0) is 12.4. The molecule has 1 amide bonds. The van der Waals surface area contributed by atoms with Crippen LogP contribution in [-0.4, -0.2) is 53.2 Å². The van der Waals surface area contributed by atoms with Gasteiger partial charge < -0.3 is 15.7 Å². The van der Waals surface area contributed by atoms with Crippen LogP contribution >= 0.6 is 11.8 Å². The van der Waals surface area contributed by atoms with Gasteiger partial charge in [-0.05, 0) is 37.2 Å². The van der Waals surface area contributed by atoms with Crippen molar-refractivity contribution in [1.29, 1.82) is 0 Å². The van der Waals surface area contributed by atoms with Gasteiger partial charge in [0.25, 0.3) is 0 Å². The lowest BCUT2D eigenvalue weighted by molar-refractivity contribution is -0.132. The Labute approximate surface area is 107 Å². The molecule has 17 heavy (non-hydrogen) atoms. The van der Waals surface area contributed by atoms with Crippen LogP contribution in [-0.2, 0) is 4.79 Å². The van der Waals surface area contributed by atoms with Gasteiger partial charge in [0.2, 0.25) is 5.91 Å². The Kier molecular flexibility index (Phi) is 4.33. The summed E-state index contributed by atoms with van der Waals surface area (Å²) in [7, 11) is 0. The predicted octanol–water partition coefficient (Wildman–Crippen LogP) is 0.296. The lowest BCUT2D eigenvalue weighted by atomic mass is 10.00. The van der Waals surface area contributed by atoms with E-state index in [2.05, 4.69) is 0 Å². The van der Waals surface area contributed by atoms with E-state index in [9.17, 15) is 9.90 Å². The number of amides is 1. The summed E-state index contributed by atoms with van der Waals surface area (Å²) >= 11 is 1.72. The van der Waals surface area contributed by atoms with Gasteiger partial charge in [-0.15, -0.1) is 0 Å². The molecule has 2 rings (SSSR count). The quantitative estimate of drug-likeness (QED) is 0.761. The summed E-state index contributed by atoms with van der Waals surface area (Å²) in [6, 6.07) is -0.363. The first-order valence-electron chi connectivity index (χ1n) is 6.35. The number of nitrogens with two attached hydrogens (primary N) is 1. The zero-order valence-electron chi connectivity index (χ0n) is 10.3. The Balaban J connectivity index is 1.86. The first kappa shape index (κ1) is 13.2. The Bertz CT molecular complexity index is 288. The summed E-state index contributed by atoms with van der Waals surface area (Å²) in [5.74, 6) is 1.80. The van der Waals surface area contributed by atoms with Crippen molar-refractivity contribution < 1.29 is 9.90 Å². The van der Waals surface area contributed by atoms with E-state index < -0.39 is 0 Å². The molecule has 1 saturated carbocycles. The fraction of sp³-hybridized carbons (Fsp3) is 0.917. The Morgan fingerprint density at radius 1 is 1.53 bits per heavy atom. The fourth-order valence-corrected chi connectivity index (χ4v) is 3.51. The summed E-state index contributed by atoms with van der Waals surface area (Å²) in [6.45, 7) is 1.51. The number of thioether (sulfide) groups is 1. The lowest BCUT2D eigenvalue weighted by Gasteiger charge is -2.22. The molecule has 98 valence electrons. The summed E-state index contributed by atoms with van der Waals surface area (Å²) < 4.78 is 0. The molecule has 4 atom stereocenters. The standard InChI is InChI=1S/C12H22N2O2S/c1-17-5-4-10(13)12(16)14-6-8-2-3-11(15)9(8)7-14/h8-11,15H,2-7,13H2,1H3/t8?,9?,10-,11?/m1/s1. The number of carbonyl (C=O) groups excluding carboxylic acids is 1. The smallest absolute Gasteiger partial charge is 0.239 e. The van der Waals surface area contributed by atoms with Gasteiger partial charge in [0.1, 0.15) is 0 Å². The van der Waals surface area contributed by atoms with E-state index in [-0.39, 0.29) is 18.1 Å². The van der Waals surface area contributed by atoms with Crippen molar-refractivity contribution in [3.8, 4) is 0 Å². The van der Waals surface area contributed by atoms with Crippen molar-refractivity contribution in [3.63, 3.8) is 0 Å². The van der Waals surface area contributed by atoms with Gasteiger partial charge in [0.15, 0.2) is 0 Å². The number of aliphatic hydroxyl groups excluding tert-OH is 1. The Morgan fingerprint density at radius 3 is 2.94 bits per heavy atom. The number of nitrogens with zero attached hydrogens (tertiary/aromatic N) is 1. The second kappa shape index (κ2) is 5.59. The average Bonchev–Trinajstić information content (AvgIpc) is 2.88. The van der Waals surface area contributed by atoms with Crippen LogP contribution in [0.4, 0.5) is 0 Å². The third-order valence-corrected chi connectivity index (χ3v) is 4.72. The van der Waals surface area contributed by atoms with Crippen molar-refractivity contribution in [1.82, 2.24) is 4.90 Å². The largest absolute Gasteiger partial charge is 0.393 e. The molecule has 1 aliphatic heterocycles. The molecule has 0 radical (unpaired) electrons. The highest BCUT2D eigenvalue weighted by molar-refractivity contribution is 7.98. The third-order valence-electron chi connectivity index (χ3n) is 4.08. The Hall–Kier alpha value is -0.260. The minimum Gasteiger partial charge on any atom is -0.393 e. The highest BCUT2D eigenvalue weighted by Gasteiger charge is 2.43. The highest BCUT2D eigenvalue weighted by Crippen LogP contribution is 2.38. The number of fused-ring (bicyclic) bond motifs is 1. The van der Waals surface area contributed by atoms with Crippen LogP contribution in [0.25, 0.3) is 0 Å². The van der Waals surface area contributed by atoms with Crippen LogP contribution < -0.4 is 5.73 Å². The molecule has 2 aliphatic rings. The number of hydrogen-bond donors (Lipinski definition) is 2. The summed E-state index contributed by atoms with van der Waals surface area (Å²) in [5, 5.41) is 9.81. The van der Waals surface area contributed by atoms with Gasteiger partial charge in [-0.3, -0.25) is 4.79 Å². The second-order valence-electron chi connectivity index (χ2n) is 5.20. The monoisotopic (exact) mass is 258 g/mol. The lowest BCUT2D eigenvalue weighted by Crippen LogP contribution is -2.43. The SMILES string of the molecule is CSCC[C@@H](N)C(=O)N1CC2CCC(O)C2C1. The topological polar surface area (TPSA) is 66.6 Å². The maximum atomic E-state index is 12.1. The molecular formula is C12H22N2O2S.